The Kier molecular flexibility index (Phi) is 14.0. The molecular formula is C27H34N4. The fraction of sp³-hybridized carbons (Fsp3) is 0.556. The van der Waals surface area contributed by atoms with Gasteiger partial charge in [0.05, 0.1) is 0 Å². The molecule has 0 saturated heterocycles. The summed E-state index contributed by atoms with van der Waals surface area (Å²) < 4.78 is 0. The number of unbranched alkanes of at least 4 members (excludes halogenated alkanes) is 12. The highest BCUT2D eigenvalue weighted by Gasteiger charge is 2.05. The van der Waals surface area contributed by atoms with Crippen molar-refractivity contribution in [3.8, 4) is 24.3 Å². The molecule has 162 valence electrons. The molecule has 0 aliphatic heterocycles. The fourth-order valence-corrected chi connectivity index (χ4v) is 3.83. The minimum atomic E-state index is 0.0497. The normalized spacial score (nSPS) is 9.84. The first-order valence-corrected chi connectivity index (χ1v) is 11.7. The summed E-state index contributed by atoms with van der Waals surface area (Å²) in [5.41, 5.74) is 0.988. The van der Waals surface area contributed by atoms with E-state index in [-0.39, 0.29) is 11.1 Å². The van der Waals surface area contributed by atoms with E-state index in [0.29, 0.717) is 10.4 Å². The zero-order valence-corrected chi connectivity index (χ0v) is 18.9. The lowest BCUT2D eigenvalue weighted by Gasteiger charge is -2.05. The first-order chi connectivity index (χ1) is 15.2. The molecule has 0 heterocycles. The van der Waals surface area contributed by atoms with Gasteiger partial charge in [0, 0.05) is 10.4 Å². The number of nitrogens with zero attached hydrogens (tertiary/aromatic N) is 4. The van der Waals surface area contributed by atoms with Crippen molar-refractivity contribution in [1.29, 1.82) is 21.0 Å². The van der Waals surface area contributed by atoms with Gasteiger partial charge in [-0.25, -0.2) is 0 Å². The zero-order chi connectivity index (χ0) is 22.7. The molecule has 0 atom stereocenters. The van der Waals surface area contributed by atoms with Crippen molar-refractivity contribution in [3.05, 3.63) is 34.2 Å². The first-order valence-electron chi connectivity index (χ1n) is 11.7. The molecule has 0 aromatic heterocycles. The van der Waals surface area contributed by atoms with Gasteiger partial charge in [0.15, 0.2) is 0 Å². The van der Waals surface area contributed by atoms with Crippen LogP contribution in [-0.4, -0.2) is 0 Å². The highest BCUT2D eigenvalue weighted by atomic mass is 14.3. The largest absolute Gasteiger partial charge is 0.192 e. The highest BCUT2D eigenvalue weighted by molar-refractivity contribution is 5.75. The summed E-state index contributed by atoms with van der Waals surface area (Å²) in [6.45, 7) is 2.25. The van der Waals surface area contributed by atoms with E-state index in [1.165, 1.54) is 70.6 Å². The molecule has 0 radical (unpaired) electrons. The average molecular weight is 415 g/mol. The van der Waals surface area contributed by atoms with Crippen molar-refractivity contribution in [2.75, 3.05) is 0 Å². The Hall–Kier alpha value is -3.08. The Bertz CT molecular complexity index is 929. The lowest BCUT2D eigenvalue weighted by atomic mass is 9.99. The minimum absolute atomic E-state index is 0.0497. The third-order valence-electron chi connectivity index (χ3n) is 5.66. The summed E-state index contributed by atoms with van der Waals surface area (Å²) in [5.74, 6) is 0. The number of hydrogen-bond acceptors (Lipinski definition) is 4. The van der Waals surface area contributed by atoms with E-state index < -0.39 is 0 Å². The summed E-state index contributed by atoms with van der Waals surface area (Å²) in [6, 6.07) is 12.8. The van der Waals surface area contributed by atoms with Crippen LogP contribution in [0, 0.1) is 45.3 Å². The predicted molar refractivity (Wildman–Crippen MR) is 124 cm³/mol. The minimum Gasteiger partial charge on any atom is -0.192 e. The lowest BCUT2D eigenvalue weighted by molar-refractivity contribution is 0.539. The molecule has 0 aliphatic rings. The molecule has 31 heavy (non-hydrogen) atoms. The van der Waals surface area contributed by atoms with Crippen molar-refractivity contribution < 1.29 is 0 Å². The van der Waals surface area contributed by atoms with E-state index in [9.17, 15) is 10.5 Å². The molecule has 0 bridgehead atoms. The number of nitriles is 4. The predicted octanol–water partition coefficient (Wildman–Crippen LogP) is 5.72. The van der Waals surface area contributed by atoms with Crippen LogP contribution < -0.4 is 10.4 Å². The SMILES string of the molecule is CCCCCCCCCCCCCCCc1cc(=C(C#N)C#N)ccc1=C(C#N)C#N. The van der Waals surface area contributed by atoms with E-state index in [1.54, 1.807) is 18.2 Å². The van der Waals surface area contributed by atoms with Gasteiger partial charge >= 0.3 is 0 Å². The van der Waals surface area contributed by atoms with E-state index in [1.807, 2.05) is 24.3 Å². The molecule has 0 unspecified atom stereocenters. The quantitative estimate of drug-likeness (QED) is 0.364. The summed E-state index contributed by atoms with van der Waals surface area (Å²) in [4.78, 5) is 0. The molecule has 4 heteroatoms. The van der Waals surface area contributed by atoms with Gasteiger partial charge in [-0.3, -0.25) is 0 Å². The molecule has 0 aliphatic carbocycles. The van der Waals surface area contributed by atoms with Gasteiger partial charge in [-0.1, -0.05) is 96.1 Å². The maximum Gasteiger partial charge on any atom is 0.137 e. The molecule has 0 N–H and O–H groups in total. The van der Waals surface area contributed by atoms with Crippen LogP contribution in [0.3, 0.4) is 0 Å². The van der Waals surface area contributed by atoms with Gasteiger partial charge in [0.25, 0.3) is 0 Å². The van der Waals surface area contributed by atoms with Crippen molar-refractivity contribution in [2.45, 2.75) is 96.8 Å². The van der Waals surface area contributed by atoms with Gasteiger partial charge in [-0.05, 0) is 24.5 Å². The second-order valence-corrected chi connectivity index (χ2v) is 8.06. The van der Waals surface area contributed by atoms with Crippen molar-refractivity contribution in [1.82, 2.24) is 0 Å². The third kappa shape index (κ3) is 9.98. The van der Waals surface area contributed by atoms with Crippen LogP contribution in [0.4, 0.5) is 0 Å². The number of rotatable bonds is 14. The Morgan fingerprint density at radius 1 is 0.613 bits per heavy atom. The second kappa shape index (κ2) is 16.7. The van der Waals surface area contributed by atoms with Gasteiger partial charge in [-0.15, -0.1) is 0 Å². The van der Waals surface area contributed by atoms with Crippen molar-refractivity contribution in [2.24, 2.45) is 0 Å². The summed E-state index contributed by atoms with van der Waals surface area (Å²) >= 11 is 0. The van der Waals surface area contributed by atoms with Crippen LogP contribution in [0.2, 0.25) is 0 Å². The topological polar surface area (TPSA) is 95.2 Å². The smallest absolute Gasteiger partial charge is 0.137 e. The van der Waals surface area contributed by atoms with Crippen LogP contribution in [-0.2, 0) is 6.42 Å². The van der Waals surface area contributed by atoms with E-state index in [0.717, 1.165) is 24.8 Å². The monoisotopic (exact) mass is 414 g/mol. The van der Waals surface area contributed by atoms with Crippen LogP contribution in [0.15, 0.2) is 18.2 Å². The Labute approximate surface area is 187 Å². The van der Waals surface area contributed by atoms with Gasteiger partial charge in [0.2, 0.25) is 0 Å². The molecule has 1 aromatic rings. The molecule has 0 amide bonds. The Morgan fingerprint density at radius 3 is 1.52 bits per heavy atom. The molecule has 0 fully saturated rings. The molecule has 1 aromatic carbocycles. The van der Waals surface area contributed by atoms with E-state index >= 15 is 0 Å². The second-order valence-electron chi connectivity index (χ2n) is 8.06. The third-order valence-corrected chi connectivity index (χ3v) is 5.66. The fourth-order valence-electron chi connectivity index (χ4n) is 3.83. The summed E-state index contributed by atoms with van der Waals surface area (Å²) in [7, 11) is 0. The van der Waals surface area contributed by atoms with E-state index in [2.05, 4.69) is 6.92 Å². The Balaban J connectivity index is 2.49. The Morgan fingerprint density at radius 2 is 1.06 bits per heavy atom. The molecule has 0 saturated carbocycles. The van der Waals surface area contributed by atoms with Crippen LogP contribution >= 0.6 is 0 Å². The molecular weight excluding hydrogens is 380 g/mol. The van der Waals surface area contributed by atoms with Gasteiger partial charge in [-0.2, -0.15) is 21.0 Å². The van der Waals surface area contributed by atoms with Crippen molar-refractivity contribution in [3.63, 3.8) is 0 Å². The number of aryl methyl sites for hydroxylation is 1. The standard InChI is InChI=1S/C27H34N4/c1-2-3-4-5-6-7-8-9-10-11-12-13-14-15-24-18-23(25(19-28)20-29)16-17-27(24)26(21-30)22-31/h16-18H,2-15H2,1H3. The number of hydrogen-bond donors (Lipinski definition) is 0. The van der Waals surface area contributed by atoms with Crippen LogP contribution in [0.25, 0.3) is 11.1 Å². The van der Waals surface area contributed by atoms with Crippen molar-refractivity contribution >= 4 is 11.1 Å². The molecule has 4 nitrogen and oxygen atoms in total. The van der Waals surface area contributed by atoms with Crippen LogP contribution in [0.5, 0.6) is 0 Å². The zero-order valence-electron chi connectivity index (χ0n) is 18.9. The number of benzene rings is 1. The first kappa shape index (κ1) is 26.0. The maximum absolute atomic E-state index is 9.24. The van der Waals surface area contributed by atoms with E-state index in [4.69, 9.17) is 10.5 Å². The van der Waals surface area contributed by atoms with Gasteiger partial charge < -0.3 is 0 Å². The maximum atomic E-state index is 9.24. The highest BCUT2D eigenvalue weighted by Crippen LogP contribution is 2.13. The average Bonchev–Trinajstić information content (AvgIpc) is 2.79. The van der Waals surface area contributed by atoms with Gasteiger partial charge in [0.1, 0.15) is 35.4 Å². The molecule has 0 spiro atoms. The van der Waals surface area contributed by atoms with Crippen LogP contribution in [0.1, 0.15) is 96.0 Å². The lowest BCUT2D eigenvalue weighted by Crippen LogP contribution is -2.18. The summed E-state index contributed by atoms with van der Waals surface area (Å²) in [5, 5.41) is 37.9. The summed E-state index contributed by atoms with van der Waals surface area (Å²) in [6.07, 6.45) is 17.4. The molecule has 1 rings (SSSR count).